The van der Waals surface area contributed by atoms with Crippen molar-refractivity contribution in [3.05, 3.63) is 65.6 Å². The lowest BCUT2D eigenvalue weighted by atomic mass is 10.1. The molecule has 0 saturated carbocycles. The fourth-order valence-electron chi connectivity index (χ4n) is 3.16. The lowest BCUT2D eigenvalue weighted by molar-refractivity contribution is 0.172. The van der Waals surface area contributed by atoms with E-state index < -0.39 is 6.10 Å². The summed E-state index contributed by atoms with van der Waals surface area (Å²) in [7, 11) is 1.60. The van der Waals surface area contributed by atoms with Crippen LogP contribution in [0, 0.1) is 0 Å². The molecule has 1 atom stereocenters. The Bertz CT molecular complexity index is 881. The van der Waals surface area contributed by atoms with Crippen molar-refractivity contribution >= 4 is 5.95 Å². The standard InChI is InChI=1S/C19H21N5O2/c1-26-18-7-8-20-19(21-18)23-9-10-24-15(13-23)12-16(22-24)17(25)11-14-5-3-2-4-6-14/h2-8,12,17,25H,9-11,13H2,1H3/t17-/m0/s1. The fourth-order valence-corrected chi connectivity index (χ4v) is 3.16. The Hall–Kier alpha value is -2.93. The van der Waals surface area contributed by atoms with Crippen LogP contribution in [-0.2, 0) is 19.5 Å². The van der Waals surface area contributed by atoms with E-state index in [9.17, 15) is 5.11 Å². The highest BCUT2D eigenvalue weighted by atomic mass is 16.5. The number of ether oxygens (including phenoxy) is 1. The van der Waals surface area contributed by atoms with Gasteiger partial charge < -0.3 is 14.7 Å². The molecular weight excluding hydrogens is 330 g/mol. The maximum Gasteiger partial charge on any atom is 0.229 e. The van der Waals surface area contributed by atoms with Gasteiger partial charge in [0.2, 0.25) is 11.8 Å². The number of anilines is 1. The van der Waals surface area contributed by atoms with E-state index in [1.807, 2.05) is 41.1 Å². The molecule has 0 fully saturated rings. The van der Waals surface area contributed by atoms with Gasteiger partial charge in [0.1, 0.15) is 6.10 Å². The predicted molar refractivity (Wildman–Crippen MR) is 97.0 cm³/mol. The van der Waals surface area contributed by atoms with E-state index in [-0.39, 0.29) is 0 Å². The first-order valence-electron chi connectivity index (χ1n) is 8.63. The summed E-state index contributed by atoms with van der Waals surface area (Å²) >= 11 is 0. The highest BCUT2D eigenvalue weighted by Crippen LogP contribution is 2.23. The van der Waals surface area contributed by atoms with Crippen molar-refractivity contribution in [3.8, 4) is 5.88 Å². The number of hydrogen-bond donors (Lipinski definition) is 1. The topological polar surface area (TPSA) is 76.3 Å². The Morgan fingerprint density at radius 3 is 2.85 bits per heavy atom. The number of aliphatic hydroxyl groups excluding tert-OH is 1. The molecule has 4 rings (SSSR count). The molecule has 1 aromatic carbocycles. The second kappa shape index (κ2) is 7.13. The number of nitrogens with zero attached hydrogens (tertiary/aromatic N) is 5. The number of aromatic nitrogens is 4. The van der Waals surface area contributed by atoms with E-state index in [1.165, 1.54) is 0 Å². The Morgan fingerprint density at radius 1 is 1.19 bits per heavy atom. The summed E-state index contributed by atoms with van der Waals surface area (Å²) < 4.78 is 7.14. The van der Waals surface area contributed by atoms with Gasteiger partial charge in [-0.05, 0) is 11.6 Å². The molecule has 0 bridgehead atoms. The number of aliphatic hydroxyl groups is 1. The number of hydrogen-bond acceptors (Lipinski definition) is 6. The zero-order valence-electron chi connectivity index (χ0n) is 14.6. The van der Waals surface area contributed by atoms with Gasteiger partial charge in [0.15, 0.2) is 0 Å². The van der Waals surface area contributed by atoms with Crippen LogP contribution in [0.25, 0.3) is 0 Å². The molecule has 26 heavy (non-hydrogen) atoms. The van der Waals surface area contributed by atoms with Crippen molar-refractivity contribution in [3.63, 3.8) is 0 Å². The summed E-state index contributed by atoms with van der Waals surface area (Å²) in [6.07, 6.45) is 1.64. The molecule has 0 radical (unpaired) electrons. The van der Waals surface area contributed by atoms with E-state index in [0.29, 0.717) is 30.5 Å². The summed E-state index contributed by atoms with van der Waals surface area (Å²) in [5.74, 6) is 1.19. The minimum absolute atomic E-state index is 0.549. The molecule has 0 aliphatic carbocycles. The van der Waals surface area contributed by atoms with Crippen LogP contribution in [0.1, 0.15) is 23.1 Å². The average Bonchev–Trinajstić information content (AvgIpc) is 3.12. The molecule has 1 N–H and O–H groups in total. The molecule has 2 aromatic heterocycles. The van der Waals surface area contributed by atoms with Gasteiger partial charge in [-0.2, -0.15) is 10.1 Å². The number of rotatable bonds is 5. The van der Waals surface area contributed by atoms with Gasteiger partial charge in [0, 0.05) is 25.2 Å². The lowest BCUT2D eigenvalue weighted by Crippen LogP contribution is -2.34. The summed E-state index contributed by atoms with van der Waals surface area (Å²) in [6.45, 7) is 2.14. The van der Waals surface area contributed by atoms with Crippen LogP contribution in [-0.4, -0.2) is 38.5 Å². The normalized spacial score (nSPS) is 14.8. The first-order chi connectivity index (χ1) is 12.7. The first kappa shape index (κ1) is 16.5. The minimum atomic E-state index is -0.614. The average molecular weight is 351 g/mol. The van der Waals surface area contributed by atoms with E-state index in [1.54, 1.807) is 19.4 Å². The first-order valence-corrected chi connectivity index (χ1v) is 8.63. The highest BCUT2D eigenvalue weighted by molar-refractivity contribution is 5.34. The smallest absolute Gasteiger partial charge is 0.229 e. The molecular formula is C19H21N5O2. The minimum Gasteiger partial charge on any atom is -0.481 e. The molecule has 134 valence electrons. The largest absolute Gasteiger partial charge is 0.481 e. The number of benzene rings is 1. The zero-order valence-corrected chi connectivity index (χ0v) is 14.6. The Morgan fingerprint density at radius 2 is 2.04 bits per heavy atom. The lowest BCUT2D eigenvalue weighted by Gasteiger charge is -2.27. The second-order valence-electron chi connectivity index (χ2n) is 6.31. The van der Waals surface area contributed by atoms with Crippen LogP contribution in [0.2, 0.25) is 0 Å². The summed E-state index contributed by atoms with van der Waals surface area (Å²) in [5, 5.41) is 15.1. The van der Waals surface area contributed by atoms with E-state index in [4.69, 9.17) is 4.74 Å². The van der Waals surface area contributed by atoms with Crippen molar-refractivity contribution in [1.29, 1.82) is 0 Å². The van der Waals surface area contributed by atoms with Crippen LogP contribution in [0.3, 0.4) is 0 Å². The highest BCUT2D eigenvalue weighted by Gasteiger charge is 2.23. The Balaban J connectivity index is 1.50. The van der Waals surface area contributed by atoms with Crippen molar-refractivity contribution in [2.45, 2.75) is 25.6 Å². The van der Waals surface area contributed by atoms with Crippen molar-refractivity contribution in [2.24, 2.45) is 0 Å². The monoisotopic (exact) mass is 351 g/mol. The SMILES string of the molecule is COc1ccnc(N2CCn3nc([C@@H](O)Cc4ccccc4)cc3C2)n1. The van der Waals surface area contributed by atoms with Crippen LogP contribution in [0.4, 0.5) is 5.95 Å². The van der Waals surface area contributed by atoms with Crippen molar-refractivity contribution in [1.82, 2.24) is 19.7 Å². The molecule has 0 spiro atoms. The molecule has 1 aliphatic rings. The third-order valence-electron chi connectivity index (χ3n) is 4.54. The maximum atomic E-state index is 10.5. The molecule has 7 heteroatoms. The molecule has 0 saturated heterocycles. The molecule has 3 aromatic rings. The molecule has 7 nitrogen and oxygen atoms in total. The third kappa shape index (κ3) is 3.39. The number of fused-ring (bicyclic) bond motifs is 1. The van der Waals surface area contributed by atoms with E-state index in [2.05, 4.69) is 20.0 Å². The third-order valence-corrected chi connectivity index (χ3v) is 4.54. The van der Waals surface area contributed by atoms with Gasteiger partial charge in [-0.25, -0.2) is 4.98 Å². The molecule has 0 amide bonds. The van der Waals surface area contributed by atoms with Crippen LogP contribution in [0.15, 0.2) is 48.7 Å². The van der Waals surface area contributed by atoms with E-state index in [0.717, 1.165) is 24.3 Å². The fraction of sp³-hybridized carbons (Fsp3) is 0.316. The van der Waals surface area contributed by atoms with Gasteiger partial charge in [-0.15, -0.1) is 0 Å². The molecule has 0 unspecified atom stereocenters. The second-order valence-corrected chi connectivity index (χ2v) is 6.31. The Labute approximate surface area is 151 Å². The quantitative estimate of drug-likeness (QED) is 0.757. The Kier molecular flexibility index (Phi) is 4.53. The maximum absolute atomic E-state index is 10.5. The summed E-state index contributed by atoms with van der Waals surface area (Å²) in [6, 6.07) is 13.7. The van der Waals surface area contributed by atoms with Gasteiger partial charge in [0.25, 0.3) is 0 Å². The number of methoxy groups -OCH3 is 1. The van der Waals surface area contributed by atoms with Crippen molar-refractivity contribution in [2.75, 3.05) is 18.6 Å². The van der Waals surface area contributed by atoms with Gasteiger partial charge in [-0.3, -0.25) is 4.68 Å². The van der Waals surface area contributed by atoms with Gasteiger partial charge in [-0.1, -0.05) is 30.3 Å². The summed E-state index contributed by atoms with van der Waals surface area (Å²) in [4.78, 5) is 10.8. The van der Waals surface area contributed by atoms with Crippen LogP contribution < -0.4 is 9.64 Å². The van der Waals surface area contributed by atoms with Crippen LogP contribution in [0.5, 0.6) is 5.88 Å². The van der Waals surface area contributed by atoms with Crippen molar-refractivity contribution < 1.29 is 9.84 Å². The zero-order chi connectivity index (χ0) is 17.9. The van der Waals surface area contributed by atoms with Gasteiger partial charge >= 0.3 is 0 Å². The molecule has 3 heterocycles. The van der Waals surface area contributed by atoms with Crippen LogP contribution >= 0.6 is 0 Å². The van der Waals surface area contributed by atoms with Gasteiger partial charge in [0.05, 0.1) is 31.6 Å². The molecule has 1 aliphatic heterocycles. The predicted octanol–water partition coefficient (Wildman–Crippen LogP) is 1.98. The summed E-state index contributed by atoms with van der Waals surface area (Å²) in [5.41, 5.74) is 2.85. The van der Waals surface area contributed by atoms with E-state index >= 15 is 0 Å².